The Morgan fingerprint density at radius 2 is 0.960 bits per heavy atom. The highest BCUT2D eigenvalue weighted by Crippen LogP contribution is 2.50. The van der Waals surface area contributed by atoms with E-state index < -0.39 is 47.4 Å². The minimum atomic E-state index is -5.46. The van der Waals surface area contributed by atoms with Gasteiger partial charge in [0.25, 0.3) is 0 Å². The van der Waals surface area contributed by atoms with Crippen LogP contribution in [-0.4, -0.2) is 24.2 Å². The first-order valence-electron chi connectivity index (χ1n) is 7.56. The van der Waals surface area contributed by atoms with E-state index in [9.17, 15) is 43.9 Å². The molecular weight excluding hydrogens is 370 g/mol. The normalized spacial score (nSPS) is 19.8. The van der Waals surface area contributed by atoms with E-state index in [0.717, 1.165) is 13.8 Å². The molecule has 0 bridgehead atoms. The molecule has 0 radical (unpaired) electrons. The molecule has 1 fully saturated rings. The van der Waals surface area contributed by atoms with Crippen molar-refractivity contribution in [1.82, 2.24) is 0 Å². The second-order valence-electron chi connectivity index (χ2n) is 7.46. The van der Waals surface area contributed by atoms with Crippen LogP contribution in [0.15, 0.2) is 0 Å². The molecule has 0 spiro atoms. The molecule has 0 aromatic heterocycles. The number of hydrogen-bond acceptors (Lipinski definition) is 0. The number of rotatable bonds is 3. The van der Waals surface area contributed by atoms with Crippen LogP contribution in [0.3, 0.4) is 0 Å². The van der Waals surface area contributed by atoms with Crippen molar-refractivity contribution in [2.24, 2.45) is 23.2 Å². The van der Waals surface area contributed by atoms with Gasteiger partial charge in [-0.2, -0.15) is 43.9 Å². The van der Waals surface area contributed by atoms with E-state index in [1.54, 1.807) is 0 Å². The van der Waals surface area contributed by atoms with E-state index in [0.29, 0.717) is 12.8 Å². The van der Waals surface area contributed by atoms with Gasteiger partial charge in [-0.3, -0.25) is 0 Å². The minimum Gasteiger partial charge on any atom is -0.196 e. The van der Waals surface area contributed by atoms with Crippen molar-refractivity contribution in [3.05, 3.63) is 0 Å². The summed E-state index contributed by atoms with van der Waals surface area (Å²) in [4.78, 5) is 0. The van der Waals surface area contributed by atoms with Crippen molar-refractivity contribution >= 4 is 0 Å². The first-order valence-corrected chi connectivity index (χ1v) is 7.56. The summed E-state index contributed by atoms with van der Waals surface area (Å²) in [5.41, 5.74) is -1.07. The second kappa shape index (κ2) is 7.13. The Kier molecular flexibility index (Phi) is 6.93. The van der Waals surface area contributed by atoms with Crippen molar-refractivity contribution < 1.29 is 43.9 Å². The molecule has 0 aromatic carbocycles. The molecule has 152 valence electrons. The zero-order chi connectivity index (χ0) is 20.6. The van der Waals surface area contributed by atoms with Crippen molar-refractivity contribution in [1.29, 1.82) is 0 Å². The van der Waals surface area contributed by atoms with Crippen LogP contribution in [0, 0.1) is 23.2 Å². The van der Waals surface area contributed by atoms with Gasteiger partial charge in [0, 0.05) is 11.8 Å². The van der Waals surface area contributed by atoms with Crippen LogP contribution in [0.5, 0.6) is 0 Å². The van der Waals surface area contributed by atoms with Gasteiger partial charge in [0.05, 0.1) is 0 Å². The van der Waals surface area contributed by atoms with Gasteiger partial charge < -0.3 is 0 Å². The highest BCUT2D eigenvalue weighted by Gasteiger charge is 2.64. The molecule has 0 saturated heterocycles. The quantitative estimate of drug-likeness (QED) is 0.450. The fourth-order valence-corrected chi connectivity index (χ4v) is 1.94. The van der Waals surface area contributed by atoms with Gasteiger partial charge in [0.1, 0.15) is 0 Å². The SMILES string of the molecule is CC(C(C)(C)C)C(F)(F)C(F)(F)F.CC(C1CC1)C(F)(F)C(F)(F)F. The van der Waals surface area contributed by atoms with E-state index in [1.807, 2.05) is 0 Å². The highest BCUT2D eigenvalue weighted by molar-refractivity contribution is 4.91. The van der Waals surface area contributed by atoms with Crippen molar-refractivity contribution in [3.8, 4) is 0 Å². The zero-order valence-corrected chi connectivity index (χ0v) is 14.4. The molecule has 1 saturated carbocycles. The number of hydrogen-bond donors (Lipinski definition) is 0. The topological polar surface area (TPSA) is 0 Å². The van der Waals surface area contributed by atoms with Gasteiger partial charge in [-0.1, -0.05) is 34.6 Å². The third-order valence-corrected chi connectivity index (χ3v) is 4.50. The average molecular weight is 392 g/mol. The summed E-state index contributed by atoms with van der Waals surface area (Å²) in [6.45, 7) is 5.95. The Labute approximate surface area is 140 Å². The minimum absolute atomic E-state index is 0.443. The summed E-state index contributed by atoms with van der Waals surface area (Å²) in [7, 11) is 0. The van der Waals surface area contributed by atoms with Crippen LogP contribution < -0.4 is 0 Å². The summed E-state index contributed by atoms with van der Waals surface area (Å²) in [6, 6.07) is 0. The molecule has 2 atom stereocenters. The van der Waals surface area contributed by atoms with Crippen LogP contribution in [0.4, 0.5) is 43.9 Å². The lowest BCUT2D eigenvalue weighted by Crippen LogP contribution is -2.47. The van der Waals surface area contributed by atoms with Gasteiger partial charge in [-0.25, -0.2) is 0 Å². The molecule has 2 unspecified atom stereocenters. The van der Waals surface area contributed by atoms with Crippen molar-refractivity contribution in [2.75, 3.05) is 0 Å². The highest BCUT2D eigenvalue weighted by atomic mass is 19.4. The second-order valence-corrected chi connectivity index (χ2v) is 7.46. The Bertz CT molecular complexity index is 423. The Hall–Kier alpha value is -0.700. The van der Waals surface area contributed by atoms with E-state index in [4.69, 9.17) is 0 Å². The predicted octanol–water partition coefficient (Wildman–Crippen LogP) is 7.10. The zero-order valence-electron chi connectivity index (χ0n) is 14.4. The fraction of sp³-hybridized carbons (Fsp3) is 1.00. The van der Waals surface area contributed by atoms with Gasteiger partial charge >= 0.3 is 24.2 Å². The molecule has 1 rings (SSSR count). The largest absolute Gasteiger partial charge is 0.453 e. The lowest BCUT2D eigenvalue weighted by molar-refractivity contribution is -0.310. The first kappa shape index (κ1) is 24.3. The Morgan fingerprint density at radius 1 is 0.640 bits per heavy atom. The third kappa shape index (κ3) is 5.91. The summed E-state index contributed by atoms with van der Waals surface area (Å²) in [5.74, 6) is -12.9. The molecule has 25 heavy (non-hydrogen) atoms. The molecule has 0 amide bonds. The van der Waals surface area contributed by atoms with E-state index in [2.05, 4.69) is 0 Å². The maximum Gasteiger partial charge on any atom is 0.453 e. The van der Waals surface area contributed by atoms with Crippen LogP contribution in [0.1, 0.15) is 47.5 Å². The number of halogens is 10. The van der Waals surface area contributed by atoms with Crippen LogP contribution in [0.25, 0.3) is 0 Å². The predicted molar refractivity (Wildman–Crippen MR) is 72.5 cm³/mol. The molecule has 1 aliphatic rings. The fourth-order valence-electron chi connectivity index (χ4n) is 1.94. The lowest BCUT2D eigenvalue weighted by atomic mass is 9.78. The maximum atomic E-state index is 12.7. The third-order valence-electron chi connectivity index (χ3n) is 4.50. The van der Waals surface area contributed by atoms with E-state index in [1.165, 1.54) is 20.8 Å². The molecule has 1 aliphatic carbocycles. The van der Waals surface area contributed by atoms with Gasteiger partial charge in [-0.05, 0) is 24.2 Å². The van der Waals surface area contributed by atoms with E-state index in [-0.39, 0.29) is 0 Å². The molecule has 0 aliphatic heterocycles. The van der Waals surface area contributed by atoms with E-state index >= 15 is 0 Å². The van der Waals surface area contributed by atoms with Crippen LogP contribution in [0.2, 0.25) is 0 Å². The Morgan fingerprint density at radius 3 is 1.12 bits per heavy atom. The molecule has 0 nitrogen and oxygen atoms in total. The van der Waals surface area contributed by atoms with Gasteiger partial charge in [0.15, 0.2) is 0 Å². The summed E-state index contributed by atoms with van der Waals surface area (Å²) in [5, 5.41) is 0. The monoisotopic (exact) mass is 392 g/mol. The summed E-state index contributed by atoms with van der Waals surface area (Å²) in [6.07, 6.45) is -9.87. The molecule has 10 heteroatoms. The van der Waals surface area contributed by atoms with Crippen LogP contribution >= 0.6 is 0 Å². The molecule has 0 heterocycles. The first-order chi connectivity index (χ1) is 10.7. The van der Waals surface area contributed by atoms with Gasteiger partial charge in [0.2, 0.25) is 0 Å². The maximum absolute atomic E-state index is 12.7. The Balaban J connectivity index is 0.000000462. The summed E-state index contributed by atoms with van der Waals surface area (Å²) >= 11 is 0. The van der Waals surface area contributed by atoms with Gasteiger partial charge in [-0.15, -0.1) is 0 Å². The smallest absolute Gasteiger partial charge is 0.196 e. The standard InChI is InChI=1S/C8H13F5.C7H9F5/c1-5(6(2,3)4)7(9,10)8(11,12)13;1-4(5-2-3-5)6(8,9)7(10,11)12/h5H,1-4H3;4-5H,2-3H2,1H3. The number of alkyl halides is 10. The molecular formula is C15H22F10. The molecule has 0 N–H and O–H groups in total. The average Bonchev–Trinajstić information content (AvgIpc) is 3.17. The lowest BCUT2D eigenvalue weighted by Gasteiger charge is -2.34. The summed E-state index contributed by atoms with van der Waals surface area (Å²) < 4.78 is 121. The van der Waals surface area contributed by atoms with Crippen LogP contribution in [-0.2, 0) is 0 Å². The van der Waals surface area contributed by atoms with Crippen molar-refractivity contribution in [2.45, 2.75) is 71.7 Å². The van der Waals surface area contributed by atoms with Crippen molar-refractivity contribution in [3.63, 3.8) is 0 Å². The molecule has 0 aromatic rings.